The van der Waals surface area contributed by atoms with Crippen molar-refractivity contribution in [2.75, 3.05) is 24.7 Å². The van der Waals surface area contributed by atoms with E-state index < -0.39 is 24.6 Å². The van der Waals surface area contributed by atoms with Crippen LogP contribution in [0.5, 0.6) is 5.75 Å². The zero-order valence-electron chi connectivity index (χ0n) is 21.4. The summed E-state index contributed by atoms with van der Waals surface area (Å²) in [4.78, 5) is 33.0. The largest absolute Gasteiger partial charge is 0.494 e. The molecule has 10 nitrogen and oxygen atoms in total. The summed E-state index contributed by atoms with van der Waals surface area (Å²) in [7, 11) is 3.02. The number of methoxy groups -OCH3 is 1. The summed E-state index contributed by atoms with van der Waals surface area (Å²) < 4.78 is 43.5. The second-order valence-corrected chi connectivity index (χ2v) is 7.18. The van der Waals surface area contributed by atoms with Crippen LogP contribution in [0.25, 0.3) is 11.4 Å². The summed E-state index contributed by atoms with van der Waals surface area (Å²) in [6.45, 7) is 0.720. The van der Waals surface area contributed by atoms with Crippen LogP contribution in [0.15, 0.2) is 42.4 Å². The molecule has 3 N–H and O–H groups in total. The van der Waals surface area contributed by atoms with E-state index in [-0.39, 0.29) is 39.9 Å². The molecule has 0 spiro atoms. The maximum atomic E-state index is 14.6. The average molecular weight is 456 g/mol. The maximum absolute atomic E-state index is 14.6. The number of hydrogen-bond acceptors (Lipinski definition) is 7. The molecular weight excluding hydrogens is 429 g/mol. The second-order valence-electron chi connectivity index (χ2n) is 7.18. The van der Waals surface area contributed by atoms with Crippen molar-refractivity contribution in [3.05, 3.63) is 53.8 Å². The lowest BCUT2D eigenvalue weighted by Gasteiger charge is -2.17. The number of amides is 2. The van der Waals surface area contributed by atoms with Gasteiger partial charge < -0.3 is 20.7 Å². The van der Waals surface area contributed by atoms with E-state index in [1.165, 1.54) is 36.3 Å². The lowest BCUT2D eigenvalue weighted by atomic mass is 10.1. The minimum Gasteiger partial charge on any atom is -0.494 e. The molecule has 0 fully saturated rings. The second kappa shape index (κ2) is 9.90. The van der Waals surface area contributed by atoms with Crippen LogP contribution in [-0.4, -0.2) is 45.6 Å². The number of carbonyl (C=O) groups is 2. The minimum atomic E-state index is -2.76. The lowest BCUT2D eigenvalue weighted by Crippen LogP contribution is -2.20. The molecular formula is C22H24FN7O3. The van der Waals surface area contributed by atoms with Gasteiger partial charge >= 0.3 is 0 Å². The van der Waals surface area contributed by atoms with E-state index >= 15 is 0 Å². The van der Waals surface area contributed by atoms with Crippen molar-refractivity contribution in [1.82, 2.24) is 25.1 Å². The number of pyridine rings is 1. The third kappa shape index (κ3) is 5.50. The van der Waals surface area contributed by atoms with Gasteiger partial charge in [0.15, 0.2) is 11.6 Å². The third-order valence-electron chi connectivity index (χ3n) is 4.30. The number of nitrogens with one attached hydrogen (secondary N) is 3. The van der Waals surface area contributed by atoms with Crippen LogP contribution < -0.4 is 20.7 Å². The molecule has 0 aliphatic heterocycles. The molecule has 33 heavy (non-hydrogen) atoms. The first kappa shape index (κ1) is 19.4. The van der Waals surface area contributed by atoms with Crippen molar-refractivity contribution in [2.24, 2.45) is 7.05 Å². The predicted molar refractivity (Wildman–Crippen MR) is 122 cm³/mol. The van der Waals surface area contributed by atoms with Crippen LogP contribution in [0, 0.1) is 5.82 Å². The highest BCUT2D eigenvalue weighted by molar-refractivity contribution is 6.03. The average Bonchev–Trinajstić information content (AvgIpc) is 3.18. The van der Waals surface area contributed by atoms with Crippen LogP contribution in [0.4, 0.5) is 21.6 Å². The normalized spacial score (nSPS) is 12.1. The van der Waals surface area contributed by atoms with Gasteiger partial charge in [0.2, 0.25) is 5.91 Å². The van der Waals surface area contributed by atoms with E-state index in [0.29, 0.717) is 0 Å². The summed E-state index contributed by atoms with van der Waals surface area (Å²) in [5.41, 5.74) is 0.939. The molecule has 0 atom stereocenters. The Bertz CT molecular complexity index is 1330. The Balaban J connectivity index is 2.10. The van der Waals surface area contributed by atoms with E-state index in [0.717, 1.165) is 17.8 Å². The number of nitrogens with zero attached hydrogens (tertiary/aromatic N) is 4. The van der Waals surface area contributed by atoms with Crippen molar-refractivity contribution >= 4 is 29.0 Å². The summed E-state index contributed by atoms with van der Waals surface area (Å²) in [6.07, 6.45) is 3.88. The van der Waals surface area contributed by atoms with E-state index in [1.54, 1.807) is 20.9 Å². The molecule has 2 aromatic heterocycles. The van der Waals surface area contributed by atoms with Crippen LogP contribution in [0.1, 0.15) is 28.3 Å². The number of hydrogen-bond donors (Lipinski definition) is 3. The molecule has 0 radical (unpaired) electrons. The molecule has 2 amide bonds. The summed E-state index contributed by atoms with van der Waals surface area (Å²) in [5.74, 6) is -1.65. The Morgan fingerprint density at radius 1 is 1.21 bits per heavy atom. The van der Waals surface area contributed by atoms with Crippen LogP contribution in [0.3, 0.4) is 0 Å². The van der Waals surface area contributed by atoms with Gasteiger partial charge in [-0.15, -0.1) is 0 Å². The van der Waals surface area contributed by atoms with Gasteiger partial charge in [-0.1, -0.05) is 5.57 Å². The van der Waals surface area contributed by atoms with Crippen LogP contribution in [-0.2, 0) is 11.8 Å². The number of aryl methyl sites for hydroxylation is 1. The van der Waals surface area contributed by atoms with Gasteiger partial charge in [0.1, 0.15) is 18.0 Å². The Kier molecular flexibility index (Phi) is 5.82. The molecule has 1 aromatic carbocycles. The van der Waals surface area contributed by atoms with E-state index in [4.69, 9.17) is 8.85 Å². The molecule has 0 bridgehead atoms. The van der Waals surface area contributed by atoms with Gasteiger partial charge in [-0.05, 0) is 19.9 Å². The monoisotopic (exact) mass is 456 g/mol. The molecule has 3 aromatic rings. The van der Waals surface area contributed by atoms with Crippen molar-refractivity contribution in [1.29, 1.82) is 0 Å². The minimum absolute atomic E-state index is 0.0306. The van der Waals surface area contributed by atoms with E-state index in [2.05, 4.69) is 25.7 Å². The predicted octanol–water partition coefficient (Wildman–Crippen LogP) is 3.03. The number of halogens is 1. The summed E-state index contributed by atoms with van der Waals surface area (Å²) in [5, 5.41) is 11.5. The van der Waals surface area contributed by atoms with Crippen molar-refractivity contribution < 1.29 is 22.8 Å². The number of allylic oxidation sites excluding steroid dienone is 1. The van der Waals surface area contributed by atoms with Crippen molar-refractivity contribution in [3.8, 4) is 17.1 Å². The Morgan fingerprint density at radius 2 is 2.00 bits per heavy atom. The first-order chi connectivity index (χ1) is 16.9. The quantitative estimate of drug-likeness (QED) is 0.467. The van der Waals surface area contributed by atoms with Crippen molar-refractivity contribution in [2.45, 2.75) is 13.8 Å². The first-order valence-electron chi connectivity index (χ1n) is 11.2. The highest BCUT2D eigenvalue weighted by Crippen LogP contribution is 2.38. The number of anilines is 3. The zero-order valence-corrected chi connectivity index (χ0v) is 18.4. The molecule has 0 saturated heterocycles. The fourth-order valence-electron chi connectivity index (χ4n) is 2.98. The standard InChI is InChI=1S/C22H24FN7O3/c1-12(2)6-19(31)28-18-9-16(15(10-25-18)22(32)24-3)27-17-8-13(23)7-14(20(17)33-5)21-26-11-30(4)29-21/h6-11H,1-5H3,(H,24,32)(H2,25,27,28,31)/i3D3. The Hall–Kier alpha value is -4.28. The van der Waals surface area contributed by atoms with Gasteiger partial charge in [0, 0.05) is 42.5 Å². The molecule has 172 valence electrons. The van der Waals surface area contributed by atoms with Gasteiger partial charge in [-0.25, -0.2) is 14.4 Å². The Labute approximate surface area is 194 Å². The third-order valence-corrected chi connectivity index (χ3v) is 4.30. The molecule has 0 aliphatic rings. The summed E-state index contributed by atoms with van der Waals surface area (Å²) >= 11 is 0. The highest BCUT2D eigenvalue weighted by atomic mass is 19.1. The molecule has 0 aliphatic carbocycles. The molecule has 3 rings (SSSR count). The van der Waals surface area contributed by atoms with Gasteiger partial charge in [-0.2, -0.15) is 5.10 Å². The van der Waals surface area contributed by atoms with E-state index in [9.17, 15) is 14.0 Å². The van der Waals surface area contributed by atoms with Crippen LogP contribution in [0.2, 0.25) is 0 Å². The van der Waals surface area contributed by atoms with Crippen LogP contribution >= 0.6 is 0 Å². The first-order valence-corrected chi connectivity index (χ1v) is 9.65. The summed E-state index contributed by atoms with van der Waals surface area (Å²) in [6, 6.07) is 3.63. The molecule has 0 unspecified atom stereocenters. The smallest absolute Gasteiger partial charge is 0.254 e. The maximum Gasteiger partial charge on any atom is 0.254 e. The number of rotatable bonds is 7. The zero-order chi connectivity index (χ0) is 26.6. The number of carbonyl (C=O) groups excluding carboxylic acids is 2. The lowest BCUT2D eigenvalue weighted by molar-refractivity contribution is -0.112. The fraction of sp³-hybridized carbons (Fsp3) is 0.227. The number of aromatic nitrogens is 4. The Morgan fingerprint density at radius 3 is 2.64 bits per heavy atom. The van der Waals surface area contributed by atoms with E-state index in [1.807, 2.05) is 5.32 Å². The fourth-order valence-corrected chi connectivity index (χ4v) is 2.98. The highest BCUT2D eigenvalue weighted by Gasteiger charge is 2.20. The van der Waals surface area contributed by atoms with Crippen molar-refractivity contribution in [3.63, 3.8) is 0 Å². The SMILES string of the molecule is [2H]C([2H])([2H])NC(=O)c1cnc(NC(=O)C=C(C)C)cc1Nc1cc(F)cc(-c2ncn(C)n2)c1OC. The molecule has 0 saturated carbocycles. The molecule has 11 heteroatoms. The van der Waals surface area contributed by atoms with Gasteiger partial charge in [0.05, 0.1) is 29.6 Å². The molecule has 2 heterocycles. The topological polar surface area (TPSA) is 123 Å². The van der Waals surface area contributed by atoms with Gasteiger partial charge in [-0.3, -0.25) is 14.3 Å². The van der Waals surface area contributed by atoms with Gasteiger partial charge in [0.25, 0.3) is 5.91 Å². The number of benzene rings is 1. The number of ether oxygens (including phenoxy) is 1.